The summed E-state index contributed by atoms with van der Waals surface area (Å²) in [6.07, 6.45) is 0.477. The zero-order valence-corrected chi connectivity index (χ0v) is 9.92. The summed E-state index contributed by atoms with van der Waals surface area (Å²) in [5.41, 5.74) is 0. The fraction of sp³-hybridized carbons (Fsp3) is 0.818. The molecule has 15 heavy (non-hydrogen) atoms. The van der Waals surface area contributed by atoms with Gasteiger partial charge in [-0.25, -0.2) is 0 Å². The maximum Gasteiger partial charge on any atom is 0.234 e. The molecule has 0 atom stereocenters. The van der Waals surface area contributed by atoms with E-state index in [4.69, 9.17) is 5.26 Å². The molecule has 4 heteroatoms. The van der Waals surface area contributed by atoms with E-state index in [1.165, 1.54) is 0 Å². The molecule has 0 saturated heterocycles. The molecule has 0 rings (SSSR count). The summed E-state index contributed by atoms with van der Waals surface area (Å²) >= 11 is 0. The molecule has 0 radical (unpaired) electrons. The first-order chi connectivity index (χ1) is 7.10. The Hall–Kier alpha value is -1.08. The quantitative estimate of drug-likeness (QED) is 0.683. The van der Waals surface area contributed by atoms with E-state index in [-0.39, 0.29) is 5.91 Å². The Labute approximate surface area is 92.3 Å². The summed E-state index contributed by atoms with van der Waals surface area (Å²) in [5, 5.41) is 11.3. The lowest BCUT2D eigenvalue weighted by molar-refractivity contribution is -0.122. The summed E-state index contributed by atoms with van der Waals surface area (Å²) in [5.74, 6) is 0.520. The second-order valence-corrected chi connectivity index (χ2v) is 3.97. The minimum Gasteiger partial charge on any atom is -0.355 e. The van der Waals surface area contributed by atoms with E-state index < -0.39 is 0 Å². The molecular weight excluding hydrogens is 190 g/mol. The van der Waals surface area contributed by atoms with Crippen LogP contribution in [0.5, 0.6) is 0 Å². The van der Waals surface area contributed by atoms with Crippen molar-refractivity contribution in [1.82, 2.24) is 10.2 Å². The molecule has 0 aromatic carbocycles. The lowest BCUT2D eigenvalue weighted by Gasteiger charge is -2.18. The van der Waals surface area contributed by atoms with Crippen LogP contribution >= 0.6 is 0 Å². The first kappa shape index (κ1) is 13.9. The Bertz CT molecular complexity index is 220. The molecule has 0 aliphatic carbocycles. The highest BCUT2D eigenvalue weighted by Gasteiger charge is 2.08. The second-order valence-electron chi connectivity index (χ2n) is 3.97. The van der Waals surface area contributed by atoms with Crippen molar-refractivity contribution in [3.8, 4) is 6.07 Å². The molecule has 0 saturated carbocycles. The highest BCUT2D eigenvalue weighted by atomic mass is 16.2. The number of nitrogens with one attached hydrogen (secondary N) is 1. The molecule has 86 valence electrons. The predicted octanol–water partition coefficient (Wildman–Crippen LogP) is 0.994. The molecule has 0 spiro atoms. The van der Waals surface area contributed by atoms with E-state index in [2.05, 4.69) is 25.2 Å². The Morgan fingerprint density at radius 3 is 2.67 bits per heavy atom. The van der Waals surface area contributed by atoms with Gasteiger partial charge < -0.3 is 5.32 Å². The first-order valence-electron chi connectivity index (χ1n) is 5.46. The fourth-order valence-corrected chi connectivity index (χ4v) is 1.13. The molecule has 0 unspecified atom stereocenters. The van der Waals surface area contributed by atoms with Crippen LogP contribution in [0.1, 0.15) is 27.2 Å². The number of amides is 1. The van der Waals surface area contributed by atoms with E-state index in [0.717, 1.165) is 6.54 Å². The summed E-state index contributed by atoms with van der Waals surface area (Å²) in [6.45, 7) is 8.70. The molecule has 0 heterocycles. The van der Waals surface area contributed by atoms with Gasteiger partial charge in [0.05, 0.1) is 12.6 Å². The van der Waals surface area contributed by atoms with Crippen molar-refractivity contribution in [2.75, 3.05) is 26.2 Å². The minimum atomic E-state index is 0.0449. The van der Waals surface area contributed by atoms with Gasteiger partial charge in [-0.05, 0) is 12.5 Å². The van der Waals surface area contributed by atoms with Crippen LogP contribution in [0.15, 0.2) is 0 Å². The maximum atomic E-state index is 11.4. The highest BCUT2D eigenvalue weighted by molar-refractivity contribution is 5.77. The highest BCUT2D eigenvalue weighted by Crippen LogP contribution is 1.91. The number of rotatable bonds is 7. The normalized spacial score (nSPS) is 10.4. The molecule has 0 aliphatic heterocycles. The van der Waals surface area contributed by atoms with Crippen LogP contribution in [0.25, 0.3) is 0 Å². The molecular formula is C11H21N3O. The van der Waals surface area contributed by atoms with Crippen molar-refractivity contribution in [2.45, 2.75) is 27.2 Å². The van der Waals surface area contributed by atoms with Gasteiger partial charge in [-0.1, -0.05) is 20.8 Å². The number of likely N-dealkylation sites (N-methyl/N-ethyl adjacent to an activating group) is 1. The lowest BCUT2D eigenvalue weighted by atomic mass is 10.2. The van der Waals surface area contributed by atoms with Crippen LogP contribution in [0.2, 0.25) is 0 Å². The number of carbonyl (C=O) groups is 1. The molecule has 4 nitrogen and oxygen atoms in total. The van der Waals surface area contributed by atoms with Crippen molar-refractivity contribution in [3.63, 3.8) is 0 Å². The summed E-state index contributed by atoms with van der Waals surface area (Å²) in [7, 11) is 0. The smallest absolute Gasteiger partial charge is 0.234 e. The average Bonchev–Trinajstić information content (AvgIpc) is 2.21. The Balaban J connectivity index is 3.76. The fourth-order valence-electron chi connectivity index (χ4n) is 1.13. The number of nitrogens with zero attached hydrogens (tertiary/aromatic N) is 2. The Kier molecular flexibility index (Phi) is 7.65. The van der Waals surface area contributed by atoms with Crippen LogP contribution in [-0.4, -0.2) is 37.0 Å². The Morgan fingerprint density at radius 2 is 2.20 bits per heavy atom. The van der Waals surface area contributed by atoms with Gasteiger partial charge in [0.2, 0.25) is 5.91 Å². The topological polar surface area (TPSA) is 56.1 Å². The van der Waals surface area contributed by atoms with E-state index in [0.29, 0.717) is 32.0 Å². The Morgan fingerprint density at radius 1 is 1.53 bits per heavy atom. The average molecular weight is 211 g/mol. The van der Waals surface area contributed by atoms with E-state index in [1.807, 2.05) is 11.8 Å². The molecule has 0 fully saturated rings. The van der Waals surface area contributed by atoms with Gasteiger partial charge >= 0.3 is 0 Å². The molecule has 0 aromatic heterocycles. The molecule has 0 aromatic rings. The minimum absolute atomic E-state index is 0.0449. The first-order valence-corrected chi connectivity index (χ1v) is 5.46. The van der Waals surface area contributed by atoms with Gasteiger partial charge in [0, 0.05) is 19.5 Å². The van der Waals surface area contributed by atoms with Gasteiger partial charge in [-0.2, -0.15) is 5.26 Å². The van der Waals surface area contributed by atoms with Crippen LogP contribution in [0.3, 0.4) is 0 Å². The van der Waals surface area contributed by atoms with E-state index in [9.17, 15) is 4.79 Å². The third-order valence-corrected chi connectivity index (χ3v) is 2.06. The summed E-state index contributed by atoms with van der Waals surface area (Å²) in [4.78, 5) is 13.4. The predicted molar refractivity (Wildman–Crippen MR) is 60.2 cm³/mol. The number of hydrogen-bond acceptors (Lipinski definition) is 3. The van der Waals surface area contributed by atoms with Crippen molar-refractivity contribution >= 4 is 5.91 Å². The van der Waals surface area contributed by atoms with Crippen molar-refractivity contribution < 1.29 is 4.79 Å². The largest absolute Gasteiger partial charge is 0.355 e. The third kappa shape index (κ3) is 7.95. The maximum absolute atomic E-state index is 11.4. The summed E-state index contributed by atoms with van der Waals surface area (Å²) in [6, 6.07) is 2.08. The molecule has 1 N–H and O–H groups in total. The molecule has 1 amide bonds. The van der Waals surface area contributed by atoms with Gasteiger partial charge in [0.25, 0.3) is 0 Å². The van der Waals surface area contributed by atoms with Gasteiger partial charge in [-0.3, -0.25) is 9.69 Å². The summed E-state index contributed by atoms with van der Waals surface area (Å²) < 4.78 is 0. The third-order valence-electron chi connectivity index (χ3n) is 2.06. The van der Waals surface area contributed by atoms with Gasteiger partial charge in [0.1, 0.15) is 0 Å². The molecule has 0 aliphatic rings. The van der Waals surface area contributed by atoms with Gasteiger partial charge in [0.15, 0.2) is 0 Å². The lowest BCUT2D eigenvalue weighted by Crippen LogP contribution is -2.38. The molecule has 0 bridgehead atoms. The van der Waals surface area contributed by atoms with Crippen molar-refractivity contribution in [1.29, 1.82) is 5.26 Å². The van der Waals surface area contributed by atoms with Crippen LogP contribution in [-0.2, 0) is 4.79 Å². The SMILES string of the molecule is CCN(CCC#N)CC(=O)NCC(C)C. The van der Waals surface area contributed by atoms with E-state index in [1.54, 1.807) is 0 Å². The van der Waals surface area contributed by atoms with Crippen molar-refractivity contribution in [3.05, 3.63) is 0 Å². The van der Waals surface area contributed by atoms with Crippen LogP contribution < -0.4 is 5.32 Å². The number of nitriles is 1. The monoisotopic (exact) mass is 211 g/mol. The standard InChI is InChI=1S/C11H21N3O/c1-4-14(7-5-6-12)9-11(15)13-8-10(2)3/h10H,4-5,7-9H2,1-3H3,(H,13,15). The zero-order valence-electron chi connectivity index (χ0n) is 9.92. The zero-order chi connectivity index (χ0) is 11.7. The number of hydrogen-bond donors (Lipinski definition) is 1. The van der Waals surface area contributed by atoms with E-state index >= 15 is 0 Å². The van der Waals surface area contributed by atoms with Crippen LogP contribution in [0, 0.1) is 17.2 Å². The second kappa shape index (κ2) is 8.25. The van der Waals surface area contributed by atoms with Crippen LogP contribution in [0.4, 0.5) is 0 Å². The van der Waals surface area contributed by atoms with Gasteiger partial charge in [-0.15, -0.1) is 0 Å². The number of carbonyl (C=O) groups excluding carboxylic acids is 1. The van der Waals surface area contributed by atoms with Crippen molar-refractivity contribution in [2.24, 2.45) is 5.92 Å².